The van der Waals surface area contributed by atoms with Crippen molar-refractivity contribution in [3.8, 4) is 18.2 Å². The fourth-order valence-corrected chi connectivity index (χ4v) is 4.01. The molecule has 5 heteroatoms. The molecule has 1 aromatic carbocycles. The number of hydrogen-bond donors (Lipinski definition) is 0. The Balaban J connectivity index is 2.43. The van der Waals surface area contributed by atoms with Crippen LogP contribution in [0.3, 0.4) is 0 Å². The second kappa shape index (κ2) is 5.47. The fourth-order valence-electron chi connectivity index (χ4n) is 4.01. The summed E-state index contributed by atoms with van der Waals surface area (Å²) in [5, 5.41) is 30.0. The van der Waals surface area contributed by atoms with E-state index in [0.29, 0.717) is 12.2 Å². The predicted octanol–water partition coefficient (Wildman–Crippen LogP) is 3.19. The number of carbonyl (C=O) groups excluding carboxylic acids is 1. The Bertz CT molecular complexity index is 898. The van der Waals surface area contributed by atoms with Crippen molar-refractivity contribution >= 4 is 5.97 Å². The van der Waals surface area contributed by atoms with Gasteiger partial charge in [0.2, 0.25) is 0 Å². The number of esters is 1. The maximum absolute atomic E-state index is 12.9. The van der Waals surface area contributed by atoms with Crippen LogP contribution >= 0.6 is 0 Å². The van der Waals surface area contributed by atoms with Gasteiger partial charge in [0, 0.05) is 19.3 Å². The molecule has 25 heavy (non-hydrogen) atoms. The summed E-state index contributed by atoms with van der Waals surface area (Å²) in [7, 11) is 0. The Kier molecular flexibility index (Phi) is 3.66. The van der Waals surface area contributed by atoms with Crippen LogP contribution in [0.1, 0.15) is 31.4 Å². The minimum Gasteiger partial charge on any atom is -0.430 e. The molecule has 1 heterocycles. The number of hydrogen-bond acceptors (Lipinski definition) is 5. The SMILES string of the molecule is CCC1=C[C@]2(C)C(C#N)(C#N)Cc3ccccc3C[C@]2(C#N)C(=O)O1. The highest BCUT2D eigenvalue weighted by atomic mass is 16.5. The Morgan fingerprint density at radius 1 is 1.08 bits per heavy atom. The smallest absolute Gasteiger partial charge is 0.332 e. The minimum atomic E-state index is -1.62. The van der Waals surface area contributed by atoms with Crippen molar-refractivity contribution in [2.24, 2.45) is 16.2 Å². The molecular formula is C20H17N3O2. The lowest BCUT2D eigenvalue weighted by Gasteiger charge is -2.47. The first-order valence-corrected chi connectivity index (χ1v) is 8.16. The summed E-state index contributed by atoms with van der Waals surface area (Å²) in [5.41, 5.74) is -2.83. The monoisotopic (exact) mass is 331 g/mol. The quantitative estimate of drug-likeness (QED) is 0.736. The molecule has 0 amide bonds. The van der Waals surface area contributed by atoms with Crippen molar-refractivity contribution in [3.63, 3.8) is 0 Å². The van der Waals surface area contributed by atoms with Crippen LogP contribution in [0.4, 0.5) is 0 Å². The van der Waals surface area contributed by atoms with Crippen LogP contribution in [-0.2, 0) is 22.4 Å². The largest absolute Gasteiger partial charge is 0.430 e. The van der Waals surface area contributed by atoms with Crippen LogP contribution in [0.5, 0.6) is 0 Å². The second-order valence-electron chi connectivity index (χ2n) is 6.82. The Morgan fingerprint density at radius 2 is 1.68 bits per heavy atom. The van der Waals surface area contributed by atoms with E-state index in [-0.39, 0.29) is 12.8 Å². The summed E-state index contributed by atoms with van der Waals surface area (Å²) in [6, 6.07) is 13.8. The molecule has 0 saturated heterocycles. The number of fused-ring (bicyclic) bond motifs is 2. The Hall–Kier alpha value is -3.10. The topological polar surface area (TPSA) is 97.7 Å². The van der Waals surface area contributed by atoms with Gasteiger partial charge in [-0.25, -0.2) is 4.79 Å². The van der Waals surface area contributed by atoms with Crippen LogP contribution in [0, 0.1) is 50.2 Å². The number of ether oxygens (including phenoxy) is 1. The van der Waals surface area contributed by atoms with E-state index in [4.69, 9.17) is 4.74 Å². The molecule has 2 atom stereocenters. The molecule has 5 nitrogen and oxygen atoms in total. The minimum absolute atomic E-state index is 0.119. The number of cyclic esters (lactones) is 1. The summed E-state index contributed by atoms with van der Waals surface area (Å²) in [5.74, 6) is -0.275. The standard InChI is InChI=1S/C20H17N3O2/c1-3-16-10-18(2)19(11-21,12-22)8-14-6-4-5-7-15(14)9-20(18,13-23)17(24)25-16/h4-7,10H,3,8-9H2,1-2H3/t18-,20+/m1/s1. The average molecular weight is 331 g/mol. The third-order valence-electron chi connectivity index (χ3n) is 5.75. The molecule has 0 radical (unpaired) electrons. The van der Waals surface area contributed by atoms with Gasteiger partial charge >= 0.3 is 5.97 Å². The van der Waals surface area contributed by atoms with Crippen LogP contribution in [0.2, 0.25) is 0 Å². The van der Waals surface area contributed by atoms with Crippen molar-refractivity contribution < 1.29 is 9.53 Å². The molecule has 0 saturated carbocycles. The third-order valence-corrected chi connectivity index (χ3v) is 5.75. The van der Waals surface area contributed by atoms with E-state index >= 15 is 0 Å². The van der Waals surface area contributed by atoms with Crippen molar-refractivity contribution in [2.45, 2.75) is 33.1 Å². The lowest BCUT2D eigenvalue weighted by Crippen LogP contribution is -2.56. The third kappa shape index (κ3) is 1.95. The highest BCUT2D eigenvalue weighted by Crippen LogP contribution is 2.60. The zero-order valence-electron chi connectivity index (χ0n) is 14.2. The van der Waals surface area contributed by atoms with E-state index < -0.39 is 22.2 Å². The predicted molar refractivity (Wildman–Crippen MR) is 88.1 cm³/mol. The number of allylic oxidation sites excluding steroid dienone is 2. The van der Waals surface area contributed by atoms with Crippen molar-refractivity contribution in [1.82, 2.24) is 0 Å². The molecule has 0 bridgehead atoms. The van der Waals surface area contributed by atoms with E-state index in [9.17, 15) is 20.6 Å². The van der Waals surface area contributed by atoms with E-state index in [0.717, 1.165) is 11.1 Å². The van der Waals surface area contributed by atoms with Gasteiger partial charge in [0.1, 0.15) is 5.76 Å². The van der Waals surface area contributed by atoms with Crippen molar-refractivity contribution in [2.75, 3.05) is 0 Å². The molecule has 124 valence electrons. The van der Waals surface area contributed by atoms with Gasteiger partial charge in [0.15, 0.2) is 10.8 Å². The van der Waals surface area contributed by atoms with Crippen LogP contribution < -0.4 is 0 Å². The number of nitrogens with zero attached hydrogens (tertiary/aromatic N) is 3. The highest BCUT2D eigenvalue weighted by molar-refractivity contribution is 5.85. The molecule has 1 aliphatic carbocycles. The molecule has 0 unspecified atom stereocenters. The summed E-state index contributed by atoms with van der Waals surface area (Å²) in [4.78, 5) is 12.9. The zero-order valence-corrected chi connectivity index (χ0v) is 14.2. The van der Waals surface area contributed by atoms with Gasteiger partial charge in [-0.2, -0.15) is 15.8 Å². The summed E-state index contributed by atoms with van der Waals surface area (Å²) < 4.78 is 5.40. The fraction of sp³-hybridized carbons (Fsp3) is 0.400. The first-order valence-electron chi connectivity index (χ1n) is 8.16. The van der Waals surface area contributed by atoms with Gasteiger partial charge in [0.05, 0.1) is 23.6 Å². The number of benzene rings is 1. The molecule has 0 aromatic heterocycles. The van der Waals surface area contributed by atoms with Crippen molar-refractivity contribution in [3.05, 3.63) is 47.2 Å². The molecule has 0 N–H and O–H groups in total. The van der Waals surface area contributed by atoms with Gasteiger partial charge in [-0.1, -0.05) is 38.1 Å². The molecule has 1 aromatic rings. The van der Waals surface area contributed by atoms with Crippen LogP contribution in [0.15, 0.2) is 36.1 Å². The molecule has 1 aliphatic heterocycles. The molecule has 0 fully saturated rings. The van der Waals surface area contributed by atoms with Gasteiger partial charge in [0.25, 0.3) is 0 Å². The average Bonchev–Trinajstić information content (AvgIpc) is 2.72. The Morgan fingerprint density at radius 3 is 2.20 bits per heavy atom. The molecule has 2 aliphatic rings. The van der Waals surface area contributed by atoms with Gasteiger partial charge in [-0.05, 0) is 17.2 Å². The Labute approximate surface area is 146 Å². The number of carbonyl (C=O) groups is 1. The lowest BCUT2D eigenvalue weighted by molar-refractivity contribution is -0.159. The van der Waals surface area contributed by atoms with E-state index in [1.807, 2.05) is 31.2 Å². The number of nitriles is 3. The van der Waals surface area contributed by atoms with Crippen LogP contribution in [-0.4, -0.2) is 5.97 Å². The normalized spacial score (nSPS) is 29.4. The maximum Gasteiger partial charge on any atom is 0.332 e. The second-order valence-corrected chi connectivity index (χ2v) is 6.82. The van der Waals surface area contributed by atoms with Crippen molar-refractivity contribution in [1.29, 1.82) is 15.8 Å². The summed E-state index contributed by atoms with van der Waals surface area (Å²) >= 11 is 0. The molecule has 3 rings (SSSR count). The van der Waals surface area contributed by atoms with E-state index in [2.05, 4.69) is 18.2 Å². The first-order chi connectivity index (χ1) is 11.9. The van der Waals surface area contributed by atoms with Gasteiger partial charge in [-0.15, -0.1) is 0 Å². The molecular weight excluding hydrogens is 314 g/mol. The highest BCUT2D eigenvalue weighted by Gasteiger charge is 2.68. The zero-order chi connectivity index (χ0) is 18.3. The van der Waals surface area contributed by atoms with Gasteiger partial charge in [-0.3, -0.25) is 0 Å². The first kappa shape index (κ1) is 16.7. The van der Waals surface area contributed by atoms with Gasteiger partial charge < -0.3 is 4.74 Å². The van der Waals surface area contributed by atoms with E-state index in [1.165, 1.54) is 0 Å². The maximum atomic E-state index is 12.9. The van der Waals surface area contributed by atoms with Crippen LogP contribution in [0.25, 0.3) is 0 Å². The summed E-state index contributed by atoms with van der Waals surface area (Å²) in [6.07, 6.45) is 2.39. The lowest BCUT2D eigenvalue weighted by atomic mass is 9.50. The summed E-state index contributed by atoms with van der Waals surface area (Å²) in [6.45, 7) is 3.50. The van der Waals surface area contributed by atoms with E-state index in [1.54, 1.807) is 13.0 Å². The molecule has 0 spiro atoms. The number of rotatable bonds is 1.